The molecule has 0 radical (unpaired) electrons. The Bertz CT molecular complexity index is 1250. The molecule has 0 atom stereocenters. The predicted molar refractivity (Wildman–Crippen MR) is 106 cm³/mol. The highest BCUT2D eigenvalue weighted by Gasteiger charge is 2.28. The number of carbonyl (C=O) groups is 1. The molecule has 0 amide bonds. The van der Waals surface area contributed by atoms with Gasteiger partial charge in [-0.15, -0.1) is 6.58 Å². The van der Waals surface area contributed by atoms with Gasteiger partial charge >= 0.3 is 0 Å². The smallest absolute Gasteiger partial charge is 0.271 e. The Hall–Kier alpha value is -3.59. The maximum atomic E-state index is 13.3. The zero-order valence-corrected chi connectivity index (χ0v) is 16.2. The number of furan rings is 1. The van der Waals surface area contributed by atoms with Crippen molar-refractivity contribution in [2.75, 3.05) is 0 Å². The third kappa shape index (κ3) is 2.72. The van der Waals surface area contributed by atoms with E-state index in [1.54, 1.807) is 6.92 Å². The minimum Gasteiger partial charge on any atom is -0.494 e. The number of allylic oxidation sites excluding steroid dienone is 1. The summed E-state index contributed by atoms with van der Waals surface area (Å²) < 4.78 is 6.80. The van der Waals surface area contributed by atoms with Crippen LogP contribution in [-0.2, 0) is 6.54 Å². The average Bonchev–Trinajstić information content (AvgIpc) is 2.95. The molecule has 28 heavy (non-hydrogen) atoms. The Balaban J connectivity index is 2.34. The van der Waals surface area contributed by atoms with Crippen LogP contribution >= 0.6 is 0 Å². The van der Waals surface area contributed by atoms with E-state index in [0.29, 0.717) is 11.1 Å². The third-order valence-electron chi connectivity index (χ3n) is 4.92. The second-order valence-corrected chi connectivity index (χ2v) is 6.86. The van der Waals surface area contributed by atoms with Gasteiger partial charge in [-0.3, -0.25) is 14.2 Å². The van der Waals surface area contributed by atoms with E-state index in [2.05, 4.69) is 6.58 Å². The van der Waals surface area contributed by atoms with Crippen molar-refractivity contribution in [1.29, 1.82) is 5.26 Å². The Kier molecular flexibility index (Phi) is 4.70. The van der Waals surface area contributed by atoms with Crippen LogP contribution in [0.3, 0.4) is 0 Å². The largest absolute Gasteiger partial charge is 0.494 e. The second kappa shape index (κ2) is 6.86. The zero-order chi connectivity index (χ0) is 20.7. The molecule has 1 aromatic carbocycles. The van der Waals surface area contributed by atoms with Crippen LogP contribution < -0.4 is 5.56 Å². The van der Waals surface area contributed by atoms with E-state index in [1.807, 2.05) is 32.0 Å². The summed E-state index contributed by atoms with van der Waals surface area (Å²) >= 11 is 0. The molecule has 0 saturated carbocycles. The molecule has 2 aromatic heterocycles. The predicted octanol–water partition coefficient (Wildman–Crippen LogP) is 3.82. The highest BCUT2D eigenvalue weighted by Crippen LogP contribution is 2.33. The first-order chi connectivity index (χ1) is 13.2. The summed E-state index contributed by atoms with van der Waals surface area (Å²) in [6, 6.07) is 5.68. The van der Waals surface area contributed by atoms with Crippen molar-refractivity contribution in [3.63, 3.8) is 0 Å². The fourth-order valence-corrected chi connectivity index (χ4v) is 3.64. The average molecular weight is 376 g/mol. The van der Waals surface area contributed by atoms with Crippen LogP contribution in [0.2, 0.25) is 0 Å². The maximum absolute atomic E-state index is 13.3. The number of fused-ring (bicyclic) bond motifs is 1. The monoisotopic (exact) mass is 376 g/mol. The normalized spacial score (nSPS) is 10.8. The number of benzene rings is 1. The topological polar surface area (TPSA) is 96.2 Å². The van der Waals surface area contributed by atoms with E-state index < -0.39 is 17.2 Å². The standard InChI is InChI=1S/C22H20N2O4/c1-6-7-24-21(26)15(10-23)13(4)18(22(24)27)19(25)20-14(5)17-12(3)8-11(2)9-16(17)28-20/h6,8-9,27H,1,7H2,2-5H3. The van der Waals surface area contributed by atoms with E-state index in [0.717, 1.165) is 21.1 Å². The summed E-state index contributed by atoms with van der Waals surface area (Å²) in [6.45, 7) is 10.6. The minimum absolute atomic E-state index is 0.0304. The SMILES string of the molecule is C=CCn1c(O)c(C(=O)c2oc3cc(C)cc(C)c3c2C)c(C)c(C#N)c1=O. The van der Waals surface area contributed by atoms with Gasteiger partial charge in [-0.05, 0) is 50.5 Å². The molecule has 6 heteroatoms. The number of ketones is 1. The molecule has 6 nitrogen and oxygen atoms in total. The summed E-state index contributed by atoms with van der Waals surface area (Å²) in [5.74, 6) is -0.996. The van der Waals surface area contributed by atoms with E-state index in [1.165, 1.54) is 13.0 Å². The van der Waals surface area contributed by atoms with Crippen molar-refractivity contribution in [2.45, 2.75) is 34.2 Å². The van der Waals surface area contributed by atoms with Crippen LogP contribution in [0.25, 0.3) is 11.0 Å². The lowest BCUT2D eigenvalue weighted by Gasteiger charge is -2.13. The van der Waals surface area contributed by atoms with E-state index >= 15 is 0 Å². The lowest BCUT2D eigenvalue weighted by atomic mass is 9.97. The van der Waals surface area contributed by atoms with Gasteiger partial charge in [0.25, 0.3) is 5.56 Å². The van der Waals surface area contributed by atoms with Crippen LogP contribution in [0.1, 0.15) is 43.9 Å². The van der Waals surface area contributed by atoms with Gasteiger partial charge in [0.05, 0.1) is 5.56 Å². The summed E-state index contributed by atoms with van der Waals surface area (Å²) in [4.78, 5) is 25.7. The fraction of sp³-hybridized carbons (Fsp3) is 0.227. The van der Waals surface area contributed by atoms with Gasteiger partial charge < -0.3 is 9.52 Å². The van der Waals surface area contributed by atoms with Crippen molar-refractivity contribution in [1.82, 2.24) is 4.57 Å². The molecule has 1 N–H and O–H groups in total. The first-order valence-corrected chi connectivity index (χ1v) is 8.75. The molecular weight excluding hydrogens is 356 g/mol. The number of rotatable bonds is 4. The van der Waals surface area contributed by atoms with Gasteiger partial charge in [0.1, 0.15) is 17.2 Å². The maximum Gasteiger partial charge on any atom is 0.271 e. The van der Waals surface area contributed by atoms with Crippen molar-refractivity contribution < 1.29 is 14.3 Å². The van der Waals surface area contributed by atoms with Crippen molar-refractivity contribution >= 4 is 16.8 Å². The van der Waals surface area contributed by atoms with Crippen LogP contribution in [0.5, 0.6) is 5.88 Å². The Morgan fingerprint density at radius 2 is 1.96 bits per heavy atom. The molecule has 2 heterocycles. The molecule has 3 aromatic rings. The number of hydrogen-bond donors (Lipinski definition) is 1. The van der Waals surface area contributed by atoms with Crippen LogP contribution in [0.4, 0.5) is 0 Å². The lowest BCUT2D eigenvalue weighted by molar-refractivity contribution is 0.101. The Morgan fingerprint density at radius 3 is 2.57 bits per heavy atom. The molecule has 0 aliphatic rings. The molecule has 0 aliphatic heterocycles. The molecule has 3 rings (SSSR count). The number of nitrogens with zero attached hydrogens (tertiary/aromatic N) is 2. The second-order valence-electron chi connectivity index (χ2n) is 6.86. The van der Waals surface area contributed by atoms with Gasteiger partial charge in [0.15, 0.2) is 5.76 Å². The Labute approximate surface area is 161 Å². The van der Waals surface area contributed by atoms with Crippen LogP contribution in [0, 0.1) is 39.0 Å². The lowest BCUT2D eigenvalue weighted by Crippen LogP contribution is -2.26. The zero-order valence-electron chi connectivity index (χ0n) is 16.2. The van der Waals surface area contributed by atoms with Crippen molar-refractivity contribution in [3.8, 4) is 11.9 Å². The number of pyridine rings is 1. The fourth-order valence-electron chi connectivity index (χ4n) is 3.64. The minimum atomic E-state index is -0.665. The molecular formula is C22H20N2O4. The molecule has 0 spiro atoms. The molecule has 0 bridgehead atoms. The van der Waals surface area contributed by atoms with Crippen LogP contribution in [-0.4, -0.2) is 15.5 Å². The van der Waals surface area contributed by atoms with Crippen molar-refractivity contribution in [3.05, 3.63) is 74.3 Å². The number of nitriles is 1. The molecule has 0 saturated heterocycles. The summed E-state index contributed by atoms with van der Waals surface area (Å²) in [5, 5.41) is 20.9. The number of aromatic hydroxyl groups is 1. The van der Waals surface area contributed by atoms with Gasteiger partial charge in [-0.25, -0.2) is 0 Å². The third-order valence-corrected chi connectivity index (χ3v) is 4.92. The number of aromatic nitrogens is 1. The first-order valence-electron chi connectivity index (χ1n) is 8.75. The van der Waals surface area contributed by atoms with Gasteiger partial charge in [-0.1, -0.05) is 12.1 Å². The summed E-state index contributed by atoms with van der Waals surface area (Å²) in [6.07, 6.45) is 1.41. The van der Waals surface area contributed by atoms with Gasteiger partial charge in [-0.2, -0.15) is 5.26 Å². The summed E-state index contributed by atoms with van der Waals surface area (Å²) in [7, 11) is 0. The van der Waals surface area contributed by atoms with Crippen molar-refractivity contribution in [2.24, 2.45) is 0 Å². The van der Waals surface area contributed by atoms with E-state index in [9.17, 15) is 20.0 Å². The first kappa shape index (κ1) is 19.2. The Morgan fingerprint density at radius 1 is 1.29 bits per heavy atom. The van der Waals surface area contributed by atoms with Gasteiger partial charge in [0.2, 0.25) is 11.7 Å². The van der Waals surface area contributed by atoms with E-state index in [4.69, 9.17) is 4.42 Å². The number of aryl methyl sites for hydroxylation is 3. The van der Waals surface area contributed by atoms with Crippen LogP contribution in [0.15, 0.2) is 34.0 Å². The summed E-state index contributed by atoms with van der Waals surface area (Å²) in [5.41, 5.74) is 2.36. The number of hydrogen-bond acceptors (Lipinski definition) is 5. The molecule has 0 unspecified atom stereocenters. The highest BCUT2D eigenvalue weighted by atomic mass is 16.3. The quantitative estimate of drug-likeness (QED) is 0.551. The molecule has 0 aliphatic carbocycles. The molecule has 0 fully saturated rings. The highest BCUT2D eigenvalue weighted by molar-refractivity contribution is 6.13. The van der Waals surface area contributed by atoms with Gasteiger partial charge in [0, 0.05) is 17.5 Å². The van der Waals surface area contributed by atoms with E-state index in [-0.39, 0.29) is 29.0 Å². The molecule has 142 valence electrons. The number of carbonyl (C=O) groups excluding carboxylic acids is 1.